The zero-order valence-electron chi connectivity index (χ0n) is 7.51. The van der Waals surface area contributed by atoms with E-state index in [4.69, 9.17) is 0 Å². The van der Waals surface area contributed by atoms with Gasteiger partial charge < -0.3 is 10.6 Å². The smallest absolute Gasteiger partial charge is 0.242 e. The molecule has 0 spiro atoms. The maximum Gasteiger partial charge on any atom is 0.242 e. The van der Waals surface area contributed by atoms with Crippen molar-refractivity contribution in [1.82, 2.24) is 10.6 Å². The van der Waals surface area contributed by atoms with Crippen LogP contribution in [0.1, 0.15) is 19.3 Å². The molecule has 0 unspecified atom stereocenters. The van der Waals surface area contributed by atoms with Gasteiger partial charge in [-0.15, -0.1) is 6.58 Å². The number of hydrogen-bond donors (Lipinski definition) is 2. The maximum absolute atomic E-state index is 11.3. The maximum atomic E-state index is 11.3. The third-order valence-corrected chi connectivity index (χ3v) is 1.96. The normalized spacial score (nSPS) is 20.9. The van der Waals surface area contributed by atoms with Crippen molar-refractivity contribution in [3.63, 3.8) is 0 Å². The van der Waals surface area contributed by atoms with E-state index in [1.54, 1.807) is 6.08 Å². The fourth-order valence-electron chi connectivity index (χ4n) is 1.23. The summed E-state index contributed by atoms with van der Waals surface area (Å²) >= 11 is 0. The van der Waals surface area contributed by atoms with Crippen molar-refractivity contribution in [2.45, 2.75) is 25.3 Å². The number of rotatable bonds is 4. The average molecular weight is 182 g/mol. The van der Waals surface area contributed by atoms with Gasteiger partial charge in [-0.05, 0) is 12.8 Å². The molecule has 13 heavy (non-hydrogen) atoms. The molecule has 2 N–H and O–H groups in total. The molecule has 1 rings (SSSR count). The number of hydrogen-bond acceptors (Lipinski definition) is 2. The Bertz CT molecular complexity index is 226. The highest BCUT2D eigenvalue weighted by atomic mass is 16.2. The SMILES string of the molecule is C=CCCNC(=O)[C@@H]1CCC(=O)N1. The van der Waals surface area contributed by atoms with Crippen LogP contribution in [0.3, 0.4) is 0 Å². The lowest BCUT2D eigenvalue weighted by Gasteiger charge is -2.09. The van der Waals surface area contributed by atoms with Crippen LogP contribution in [0.5, 0.6) is 0 Å². The predicted molar refractivity (Wildman–Crippen MR) is 49.0 cm³/mol. The van der Waals surface area contributed by atoms with Gasteiger partial charge in [-0.3, -0.25) is 9.59 Å². The first-order chi connectivity index (χ1) is 6.24. The lowest BCUT2D eigenvalue weighted by Crippen LogP contribution is -2.41. The molecule has 0 aliphatic carbocycles. The molecule has 4 nitrogen and oxygen atoms in total. The standard InChI is InChI=1S/C9H14N2O2/c1-2-3-6-10-9(13)7-4-5-8(12)11-7/h2,7H,1,3-6H2,(H,10,13)(H,11,12)/t7-/m0/s1. The Labute approximate surface area is 77.4 Å². The van der Waals surface area contributed by atoms with Crippen LogP contribution in [0.4, 0.5) is 0 Å². The number of carbonyl (C=O) groups excluding carboxylic acids is 2. The molecular formula is C9H14N2O2. The second-order valence-electron chi connectivity index (χ2n) is 3.03. The van der Waals surface area contributed by atoms with Crippen LogP contribution >= 0.6 is 0 Å². The van der Waals surface area contributed by atoms with E-state index >= 15 is 0 Å². The molecule has 0 aromatic heterocycles. The fourth-order valence-corrected chi connectivity index (χ4v) is 1.23. The van der Waals surface area contributed by atoms with Gasteiger partial charge in [0.15, 0.2) is 0 Å². The van der Waals surface area contributed by atoms with Gasteiger partial charge in [0, 0.05) is 13.0 Å². The zero-order valence-corrected chi connectivity index (χ0v) is 7.51. The molecule has 0 radical (unpaired) electrons. The van der Waals surface area contributed by atoms with E-state index in [1.807, 2.05) is 0 Å². The second kappa shape index (κ2) is 4.64. The number of nitrogens with one attached hydrogen (secondary N) is 2. The summed E-state index contributed by atoms with van der Waals surface area (Å²) in [5.41, 5.74) is 0. The first kappa shape index (κ1) is 9.77. The van der Waals surface area contributed by atoms with Gasteiger partial charge in [0.1, 0.15) is 6.04 Å². The van der Waals surface area contributed by atoms with Crippen LogP contribution in [0.2, 0.25) is 0 Å². The topological polar surface area (TPSA) is 58.2 Å². The van der Waals surface area contributed by atoms with Gasteiger partial charge in [-0.2, -0.15) is 0 Å². The minimum absolute atomic E-state index is 0.0381. The highest BCUT2D eigenvalue weighted by molar-refractivity contribution is 5.90. The van der Waals surface area contributed by atoms with Crippen molar-refractivity contribution in [3.05, 3.63) is 12.7 Å². The van der Waals surface area contributed by atoms with E-state index in [1.165, 1.54) is 0 Å². The van der Waals surface area contributed by atoms with E-state index in [0.29, 0.717) is 19.4 Å². The molecule has 1 heterocycles. The van der Waals surface area contributed by atoms with Crippen LogP contribution in [0.25, 0.3) is 0 Å². The summed E-state index contributed by atoms with van der Waals surface area (Å²) < 4.78 is 0. The second-order valence-corrected chi connectivity index (χ2v) is 3.03. The molecule has 1 aliphatic rings. The van der Waals surface area contributed by atoms with Crippen molar-refractivity contribution in [2.75, 3.05) is 6.54 Å². The summed E-state index contributed by atoms with van der Waals surface area (Å²) in [6, 6.07) is -0.322. The third-order valence-electron chi connectivity index (χ3n) is 1.96. The van der Waals surface area contributed by atoms with E-state index < -0.39 is 0 Å². The van der Waals surface area contributed by atoms with Crippen LogP contribution in [-0.2, 0) is 9.59 Å². The molecular weight excluding hydrogens is 168 g/mol. The van der Waals surface area contributed by atoms with Gasteiger partial charge in [-0.25, -0.2) is 0 Å². The highest BCUT2D eigenvalue weighted by Gasteiger charge is 2.26. The Balaban J connectivity index is 2.23. The minimum Gasteiger partial charge on any atom is -0.354 e. The lowest BCUT2D eigenvalue weighted by molar-refractivity contribution is -0.125. The van der Waals surface area contributed by atoms with Crippen molar-refractivity contribution in [3.8, 4) is 0 Å². The molecule has 1 atom stereocenters. The molecule has 1 fully saturated rings. The molecule has 4 heteroatoms. The average Bonchev–Trinajstić information content (AvgIpc) is 2.52. The van der Waals surface area contributed by atoms with Crippen LogP contribution in [0.15, 0.2) is 12.7 Å². The van der Waals surface area contributed by atoms with Gasteiger partial charge >= 0.3 is 0 Å². The summed E-state index contributed by atoms with van der Waals surface area (Å²) in [5.74, 6) is -0.128. The zero-order chi connectivity index (χ0) is 9.68. The van der Waals surface area contributed by atoms with Gasteiger partial charge in [0.2, 0.25) is 11.8 Å². The van der Waals surface area contributed by atoms with Gasteiger partial charge in [0.05, 0.1) is 0 Å². The molecule has 0 bridgehead atoms. The molecule has 0 saturated carbocycles. The largest absolute Gasteiger partial charge is 0.354 e. The number of carbonyl (C=O) groups is 2. The first-order valence-corrected chi connectivity index (χ1v) is 4.42. The van der Waals surface area contributed by atoms with Crippen molar-refractivity contribution in [2.24, 2.45) is 0 Å². The van der Waals surface area contributed by atoms with Crippen LogP contribution in [-0.4, -0.2) is 24.4 Å². The third kappa shape index (κ3) is 2.89. The Kier molecular flexibility index (Phi) is 3.49. The minimum atomic E-state index is -0.322. The predicted octanol–water partition coefficient (Wildman–Crippen LogP) is -0.0427. The molecule has 1 saturated heterocycles. The van der Waals surface area contributed by atoms with E-state index in [2.05, 4.69) is 17.2 Å². The summed E-state index contributed by atoms with van der Waals surface area (Å²) in [7, 11) is 0. The Morgan fingerprint density at radius 3 is 3.08 bits per heavy atom. The summed E-state index contributed by atoms with van der Waals surface area (Å²) in [5, 5.41) is 5.32. The molecule has 0 aromatic carbocycles. The van der Waals surface area contributed by atoms with Crippen LogP contribution in [0, 0.1) is 0 Å². The quantitative estimate of drug-likeness (QED) is 0.473. The van der Waals surface area contributed by atoms with Crippen molar-refractivity contribution < 1.29 is 9.59 Å². The Morgan fingerprint density at radius 2 is 2.54 bits per heavy atom. The molecule has 1 aliphatic heterocycles. The summed E-state index contributed by atoms with van der Waals surface area (Å²) in [6.45, 7) is 4.14. The van der Waals surface area contributed by atoms with Crippen molar-refractivity contribution in [1.29, 1.82) is 0 Å². The summed E-state index contributed by atoms with van der Waals surface area (Å²) in [4.78, 5) is 22.1. The van der Waals surface area contributed by atoms with Gasteiger partial charge in [-0.1, -0.05) is 6.08 Å². The van der Waals surface area contributed by atoms with E-state index in [-0.39, 0.29) is 17.9 Å². The lowest BCUT2D eigenvalue weighted by atomic mass is 10.2. The van der Waals surface area contributed by atoms with E-state index in [0.717, 1.165) is 6.42 Å². The fraction of sp³-hybridized carbons (Fsp3) is 0.556. The molecule has 72 valence electrons. The summed E-state index contributed by atoms with van der Waals surface area (Å²) in [6.07, 6.45) is 3.57. The van der Waals surface area contributed by atoms with Gasteiger partial charge in [0.25, 0.3) is 0 Å². The molecule has 2 amide bonds. The van der Waals surface area contributed by atoms with E-state index in [9.17, 15) is 9.59 Å². The Hall–Kier alpha value is -1.32. The number of amides is 2. The monoisotopic (exact) mass is 182 g/mol. The highest BCUT2D eigenvalue weighted by Crippen LogP contribution is 2.05. The van der Waals surface area contributed by atoms with Crippen molar-refractivity contribution >= 4 is 11.8 Å². The van der Waals surface area contributed by atoms with Crippen LogP contribution < -0.4 is 10.6 Å². The first-order valence-electron chi connectivity index (χ1n) is 4.42. The Morgan fingerprint density at radius 1 is 1.77 bits per heavy atom. The molecule has 0 aromatic rings.